The number of rotatable bonds is 3. The third kappa shape index (κ3) is 2.64. The lowest BCUT2D eigenvalue weighted by Crippen LogP contribution is -2.16. The summed E-state index contributed by atoms with van der Waals surface area (Å²) < 4.78 is 2.71. The number of carbonyl (C=O) groups excluding carboxylic acids is 1. The van der Waals surface area contributed by atoms with E-state index in [0.29, 0.717) is 11.4 Å². The highest BCUT2D eigenvalue weighted by Gasteiger charge is 2.17. The van der Waals surface area contributed by atoms with E-state index >= 15 is 0 Å². The van der Waals surface area contributed by atoms with Crippen LogP contribution in [-0.2, 0) is 6.42 Å². The number of aromatic nitrogens is 2. The number of pyridine rings is 1. The highest BCUT2D eigenvalue weighted by Crippen LogP contribution is 2.20. The Balaban J connectivity index is 2.02. The van der Waals surface area contributed by atoms with Gasteiger partial charge in [-0.2, -0.15) is 0 Å². The Labute approximate surface area is 137 Å². The molecule has 3 aromatic rings. The first-order valence-electron chi connectivity index (χ1n) is 7.13. The van der Waals surface area contributed by atoms with Crippen LogP contribution in [0.5, 0.6) is 0 Å². The molecule has 112 valence electrons. The number of hydrogen-bond donors (Lipinski definition) is 1. The van der Waals surface area contributed by atoms with E-state index in [1.54, 1.807) is 0 Å². The van der Waals surface area contributed by atoms with Gasteiger partial charge < -0.3 is 5.32 Å². The summed E-state index contributed by atoms with van der Waals surface area (Å²) in [5.41, 5.74) is 3.99. The number of hydrogen-bond acceptors (Lipinski definition) is 2. The highest BCUT2D eigenvalue weighted by atomic mass is 79.9. The van der Waals surface area contributed by atoms with Gasteiger partial charge in [-0.05, 0) is 53.0 Å². The lowest BCUT2D eigenvalue weighted by atomic mass is 10.1. The molecule has 0 spiro atoms. The van der Waals surface area contributed by atoms with Gasteiger partial charge in [0.25, 0.3) is 5.91 Å². The number of benzene rings is 1. The van der Waals surface area contributed by atoms with Crippen LogP contribution in [0.15, 0.2) is 47.1 Å². The molecule has 0 aliphatic heterocycles. The van der Waals surface area contributed by atoms with Crippen molar-refractivity contribution in [3.05, 3.63) is 64.0 Å². The molecule has 0 saturated heterocycles. The summed E-state index contributed by atoms with van der Waals surface area (Å²) in [6.45, 7) is 3.92. The Morgan fingerprint density at radius 1 is 1.27 bits per heavy atom. The van der Waals surface area contributed by atoms with E-state index in [-0.39, 0.29) is 5.91 Å². The predicted octanol–water partition coefficient (Wildman–Crippen LogP) is 4.22. The molecule has 0 saturated carbocycles. The summed E-state index contributed by atoms with van der Waals surface area (Å²) in [5, 5.41) is 3.00. The second-order valence-electron chi connectivity index (χ2n) is 5.09. The van der Waals surface area contributed by atoms with Crippen molar-refractivity contribution < 1.29 is 4.79 Å². The van der Waals surface area contributed by atoms with Gasteiger partial charge >= 0.3 is 0 Å². The van der Waals surface area contributed by atoms with Gasteiger partial charge in [-0.25, -0.2) is 4.98 Å². The first-order chi connectivity index (χ1) is 10.6. The average molecular weight is 358 g/mol. The van der Waals surface area contributed by atoms with Crippen LogP contribution in [0.2, 0.25) is 0 Å². The van der Waals surface area contributed by atoms with Crippen molar-refractivity contribution in [3.63, 3.8) is 0 Å². The molecule has 0 radical (unpaired) electrons. The smallest absolute Gasteiger partial charge is 0.274 e. The fourth-order valence-corrected chi connectivity index (χ4v) is 2.88. The zero-order valence-corrected chi connectivity index (χ0v) is 14.0. The third-order valence-electron chi connectivity index (χ3n) is 3.62. The summed E-state index contributed by atoms with van der Waals surface area (Å²) in [6, 6.07) is 11.6. The zero-order chi connectivity index (χ0) is 15.7. The molecule has 3 rings (SSSR count). The molecule has 0 fully saturated rings. The van der Waals surface area contributed by atoms with Crippen LogP contribution in [0.1, 0.15) is 28.7 Å². The van der Waals surface area contributed by atoms with Crippen LogP contribution in [0.4, 0.5) is 5.69 Å². The van der Waals surface area contributed by atoms with Crippen molar-refractivity contribution in [1.29, 1.82) is 0 Å². The summed E-state index contributed by atoms with van der Waals surface area (Å²) in [4.78, 5) is 17.1. The normalized spacial score (nSPS) is 10.9. The van der Waals surface area contributed by atoms with Crippen molar-refractivity contribution in [2.75, 3.05) is 5.32 Å². The lowest BCUT2D eigenvalue weighted by Gasteiger charge is -2.10. The van der Waals surface area contributed by atoms with Crippen LogP contribution in [0.3, 0.4) is 0 Å². The minimum absolute atomic E-state index is 0.149. The molecule has 1 N–H and O–H groups in total. The number of halogens is 1. The molecular weight excluding hydrogens is 342 g/mol. The SMILES string of the molecule is CCc1ccccc1NC(=O)c1c(C)nc2ccc(Br)cn12. The number of anilines is 1. The second kappa shape index (κ2) is 5.93. The Morgan fingerprint density at radius 2 is 2.05 bits per heavy atom. The molecule has 0 aliphatic carbocycles. The molecule has 1 amide bonds. The van der Waals surface area contributed by atoms with E-state index in [1.807, 2.05) is 53.9 Å². The number of nitrogens with zero attached hydrogens (tertiary/aromatic N) is 2. The lowest BCUT2D eigenvalue weighted by molar-refractivity contribution is 0.102. The van der Waals surface area contributed by atoms with Gasteiger partial charge in [0.1, 0.15) is 11.3 Å². The van der Waals surface area contributed by atoms with E-state index in [0.717, 1.165) is 27.8 Å². The standard InChI is InChI=1S/C17H16BrN3O/c1-3-12-6-4-5-7-14(12)20-17(22)16-11(2)19-15-9-8-13(18)10-21(15)16/h4-10H,3H2,1-2H3,(H,20,22). The number of nitrogens with one attached hydrogen (secondary N) is 1. The zero-order valence-electron chi connectivity index (χ0n) is 12.4. The maximum atomic E-state index is 12.7. The van der Waals surface area contributed by atoms with Gasteiger partial charge in [-0.3, -0.25) is 9.20 Å². The minimum Gasteiger partial charge on any atom is -0.320 e. The topological polar surface area (TPSA) is 46.4 Å². The Hall–Kier alpha value is -2.14. The fraction of sp³-hybridized carbons (Fsp3) is 0.176. The van der Waals surface area contributed by atoms with E-state index < -0.39 is 0 Å². The molecule has 5 heteroatoms. The van der Waals surface area contributed by atoms with Gasteiger partial charge in [-0.1, -0.05) is 25.1 Å². The Kier molecular flexibility index (Phi) is 3.98. The van der Waals surface area contributed by atoms with Crippen LogP contribution in [0.25, 0.3) is 5.65 Å². The monoisotopic (exact) mass is 357 g/mol. The van der Waals surface area contributed by atoms with Crippen molar-refractivity contribution in [2.45, 2.75) is 20.3 Å². The molecule has 22 heavy (non-hydrogen) atoms. The molecule has 2 heterocycles. The average Bonchev–Trinajstić information content (AvgIpc) is 2.83. The van der Waals surface area contributed by atoms with E-state index in [2.05, 4.69) is 33.2 Å². The van der Waals surface area contributed by atoms with Crippen LogP contribution < -0.4 is 5.32 Å². The van der Waals surface area contributed by atoms with Gasteiger partial charge in [0.05, 0.1) is 5.69 Å². The number of fused-ring (bicyclic) bond motifs is 1. The quantitative estimate of drug-likeness (QED) is 0.762. The first kappa shape index (κ1) is 14.8. The summed E-state index contributed by atoms with van der Waals surface area (Å²) in [7, 11) is 0. The van der Waals surface area contributed by atoms with Gasteiger partial charge in [0.15, 0.2) is 0 Å². The number of amides is 1. The summed E-state index contributed by atoms with van der Waals surface area (Å²) >= 11 is 3.43. The molecule has 0 atom stereocenters. The third-order valence-corrected chi connectivity index (χ3v) is 4.09. The van der Waals surface area contributed by atoms with Crippen LogP contribution in [0, 0.1) is 6.92 Å². The minimum atomic E-state index is -0.149. The maximum Gasteiger partial charge on any atom is 0.274 e. The van der Waals surface area contributed by atoms with Crippen molar-refractivity contribution in [1.82, 2.24) is 9.38 Å². The molecule has 0 unspecified atom stereocenters. The highest BCUT2D eigenvalue weighted by molar-refractivity contribution is 9.10. The first-order valence-corrected chi connectivity index (χ1v) is 7.93. The number of para-hydroxylation sites is 1. The van der Waals surface area contributed by atoms with Crippen molar-refractivity contribution >= 4 is 33.2 Å². The van der Waals surface area contributed by atoms with E-state index in [9.17, 15) is 4.79 Å². The van der Waals surface area contributed by atoms with Gasteiger partial charge in [0, 0.05) is 16.4 Å². The summed E-state index contributed by atoms with van der Waals surface area (Å²) in [5.74, 6) is -0.149. The molecule has 4 nitrogen and oxygen atoms in total. The largest absolute Gasteiger partial charge is 0.320 e. The van der Waals surface area contributed by atoms with Gasteiger partial charge in [0.2, 0.25) is 0 Å². The second-order valence-corrected chi connectivity index (χ2v) is 6.00. The van der Waals surface area contributed by atoms with Crippen LogP contribution >= 0.6 is 15.9 Å². The molecule has 0 bridgehead atoms. The maximum absolute atomic E-state index is 12.7. The number of aryl methyl sites for hydroxylation is 2. The Morgan fingerprint density at radius 3 is 2.82 bits per heavy atom. The predicted molar refractivity (Wildman–Crippen MR) is 91.4 cm³/mol. The van der Waals surface area contributed by atoms with Crippen molar-refractivity contribution in [2.24, 2.45) is 0 Å². The Bertz CT molecular complexity index is 854. The molecule has 1 aromatic carbocycles. The number of carbonyl (C=O) groups is 1. The molecular formula is C17H16BrN3O. The van der Waals surface area contributed by atoms with E-state index in [4.69, 9.17) is 0 Å². The molecule has 2 aromatic heterocycles. The number of imidazole rings is 1. The van der Waals surface area contributed by atoms with Crippen molar-refractivity contribution in [3.8, 4) is 0 Å². The fourth-order valence-electron chi connectivity index (χ4n) is 2.54. The van der Waals surface area contributed by atoms with Gasteiger partial charge in [-0.15, -0.1) is 0 Å². The summed E-state index contributed by atoms with van der Waals surface area (Å²) in [6.07, 6.45) is 2.73. The van der Waals surface area contributed by atoms with E-state index in [1.165, 1.54) is 0 Å². The van der Waals surface area contributed by atoms with Crippen LogP contribution in [-0.4, -0.2) is 15.3 Å². The molecule has 0 aliphatic rings.